The first-order valence-corrected chi connectivity index (χ1v) is 7.80. The lowest BCUT2D eigenvalue weighted by molar-refractivity contribution is 0.0917. The highest BCUT2D eigenvalue weighted by atomic mass is 35.5. The molecule has 106 valence electrons. The Morgan fingerprint density at radius 2 is 2.26 bits per heavy atom. The minimum Gasteiger partial charge on any atom is -0.318 e. The lowest BCUT2D eigenvalue weighted by Crippen LogP contribution is -2.46. The van der Waals surface area contributed by atoms with Crippen molar-refractivity contribution in [3.63, 3.8) is 0 Å². The van der Waals surface area contributed by atoms with Gasteiger partial charge in [0, 0.05) is 23.7 Å². The average molecular weight is 281 g/mol. The van der Waals surface area contributed by atoms with Gasteiger partial charge in [0.15, 0.2) is 0 Å². The third kappa shape index (κ3) is 3.71. The van der Waals surface area contributed by atoms with E-state index in [2.05, 4.69) is 35.3 Å². The van der Waals surface area contributed by atoms with Crippen LogP contribution in [0.5, 0.6) is 0 Å². The Hall–Kier alpha value is -0.570. The molecule has 2 rings (SSSR count). The number of likely N-dealkylation sites (N-methyl/N-ethyl adjacent to an activating group) is 1. The number of piperidine rings is 1. The van der Waals surface area contributed by atoms with E-state index in [4.69, 9.17) is 11.6 Å². The summed E-state index contributed by atoms with van der Waals surface area (Å²) in [5, 5.41) is 4.19. The van der Waals surface area contributed by atoms with Crippen LogP contribution in [-0.2, 0) is 0 Å². The molecule has 0 amide bonds. The molecule has 2 nitrogen and oxygen atoms in total. The molecule has 0 spiro atoms. The molecule has 0 radical (unpaired) electrons. The van der Waals surface area contributed by atoms with Crippen molar-refractivity contribution in [3.05, 3.63) is 34.9 Å². The summed E-state index contributed by atoms with van der Waals surface area (Å²) in [6.07, 6.45) is 5.12. The lowest BCUT2D eigenvalue weighted by Gasteiger charge is -2.41. The minimum absolute atomic E-state index is 0.498. The largest absolute Gasteiger partial charge is 0.318 e. The van der Waals surface area contributed by atoms with E-state index < -0.39 is 0 Å². The third-order valence-electron chi connectivity index (χ3n) is 4.13. The molecule has 2 atom stereocenters. The molecule has 1 N–H and O–H groups in total. The van der Waals surface area contributed by atoms with Gasteiger partial charge in [0.2, 0.25) is 0 Å². The van der Waals surface area contributed by atoms with Crippen molar-refractivity contribution in [1.29, 1.82) is 0 Å². The summed E-state index contributed by atoms with van der Waals surface area (Å²) in [5.41, 5.74) is 1.36. The molecular weight excluding hydrogens is 256 g/mol. The summed E-state index contributed by atoms with van der Waals surface area (Å²) in [5.74, 6) is 0. The van der Waals surface area contributed by atoms with Crippen LogP contribution in [0, 0.1) is 0 Å². The molecule has 0 aromatic heterocycles. The van der Waals surface area contributed by atoms with Gasteiger partial charge in [-0.2, -0.15) is 0 Å². The molecular formula is C16H25ClN2. The molecule has 1 aliphatic heterocycles. The van der Waals surface area contributed by atoms with Gasteiger partial charge in [0.1, 0.15) is 0 Å². The third-order valence-corrected chi connectivity index (χ3v) is 4.37. The molecule has 1 saturated heterocycles. The maximum atomic E-state index is 6.15. The predicted molar refractivity (Wildman–Crippen MR) is 82.8 cm³/mol. The Bertz CT molecular complexity index is 392. The number of hydrogen-bond donors (Lipinski definition) is 1. The number of rotatable bonds is 5. The van der Waals surface area contributed by atoms with Crippen molar-refractivity contribution in [2.24, 2.45) is 0 Å². The molecule has 1 aromatic rings. The maximum Gasteiger partial charge on any atom is 0.0409 e. The Kier molecular flexibility index (Phi) is 5.68. The van der Waals surface area contributed by atoms with Crippen LogP contribution in [0.25, 0.3) is 0 Å². The normalized spacial score (nSPS) is 22.4. The van der Waals surface area contributed by atoms with Gasteiger partial charge in [-0.3, -0.25) is 4.90 Å². The Morgan fingerprint density at radius 1 is 1.42 bits per heavy atom. The molecule has 19 heavy (non-hydrogen) atoms. The number of benzene rings is 1. The fraction of sp³-hybridized carbons (Fsp3) is 0.625. The monoisotopic (exact) mass is 280 g/mol. The van der Waals surface area contributed by atoms with Crippen molar-refractivity contribution in [2.45, 2.75) is 44.7 Å². The van der Waals surface area contributed by atoms with E-state index in [1.807, 2.05) is 13.1 Å². The highest BCUT2D eigenvalue weighted by Crippen LogP contribution is 2.31. The van der Waals surface area contributed by atoms with Crippen molar-refractivity contribution in [2.75, 3.05) is 20.1 Å². The summed E-state index contributed by atoms with van der Waals surface area (Å²) >= 11 is 6.15. The van der Waals surface area contributed by atoms with Crippen molar-refractivity contribution < 1.29 is 0 Å². The highest BCUT2D eigenvalue weighted by Gasteiger charge is 2.28. The summed E-state index contributed by atoms with van der Waals surface area (Å²) in [7, 11) is 2.05. The topological polar surface area (TPSA) is 15.3 Å². The second-order valence-electron chi connectivity index (χ2n) is 5.42. The fourth-order valence-electron chi connectivity index (χ4n) is 3.26. The zero-order valence-corrected chi connectivity index (χ0v) is 12.8. The molecule has 0 bridgehead atoms. The van der Waals surface area contributed by atoms with Gasteiger partial charge in [-0.1, -0.05) is 37.1 Å². The van der Waals surface area contributed by atoms with Crippen LogP contribution in [0.4, 0.5) is 0 Å². The molecule has 1 aliphatic rings. The number of hydrogen-bond acceptors (Lipinski definition) is 2. The molecule has 2 unspecified atom stereocenters. The number of likely N-dealkylation sites (tertiary alicyclic amines) is 1. The van der Waals surface area contributed by atoms with Crippen LogP contribution in [-0.4, -0.2) is 31.1 Å². The highest BCUT2D eigenvalue weighted by molar-refractivity contribution is 6.30. The molecule has 1 fully saturated rings. The van der Waals surface area contributed by atoms with Crippen LogP contribution in [0.3, 0.4) is 0 Å². The first kappa shape index (κ1) is 14.8. The number of nitrogens with zero attached hydrogens (tertiary/aromatic N) is 1. The Morgan fingerprint density at radius 3 is 2.95 bits per heavy atom. The first-order chi connectivity index (χ1) is 9.26. The van der Waals surface area contributed by atoms with Crippen molar-refractivity contribution in [3.8, 4) is 0 Å². The second-order valence-corrected chi connectivity index (χ2v) is 5.86. The van der Waals surface area contributed by atoms with E-state index in [0.717, 1.165) is 18.0 Å². The maximum absolute atomic E-state index is 6.15. The quantitative estimate of drug-likeness (QED) is 0.881. The van der Waals surface area contributed by atoms with Crippen molar-refractivity contribution >= 4 is 11.6 Å². The predicted octanol–water partition coefficient (Wildman–Crippen LogP) is 3.87. The number of nitrogens with one attached hydrogen (secondary N) is 1. The van der Waals surface area contributed by atoms with E-state index in [1.54, 1.807) is 0 Å². The standard InChI is InChI=1S/C16H25ClN2/c1-3-16(13-7-6-8-14(17)11-13)19-10-5-4-9-15(19)12-18-2/h6-8,11,15-16,18H,3-5,9-10,12H2,1-2H3. The van der Waals surface area contributed by atoms with Crippen LogP contribution >= 0.6 is 11.6 Å². The van der Waals surface area contributed by atoms with Gasteiger partial charge >= 0.3 is 0 Å². The van der Waals surface area contributed by atoms with E-state index in [9.17, 15) is 0 Å². The average Bonchev–Trinajstić information content (AvgIpc) is 2.42. The molecule has 1 heterocycles. The van der Waals surface area contributed by atoms with Crippen LogP contribution < -0.4 is 5.32 Å². The van der Waals surface area contributed by atoms with E-state index >= 15 is 0 Å². The summed E-state index contributed by atoms with van der Waals surface area (Å²) in [6.45, 7) is 4.56. The Labute approximate surface area is 122 Å². The van der Waals surface area contributed by atoms with Crippen LogP contribution in [0.1, 0.15) is 44.2 Å². The summed E-state index contributed by atoms with van der Waals surface area (Å²) in [4.78, 5) is 2.67. The molecule has 1 aromatic carbocycles. The SMILES string of the molecule is CCC(c1cccc(Cl)c1)N1CCCCC1CNC. The van der Waals surface area contributed by atoms with Gasteiger partial charge < -0.3 is 5.32 Å². The number of halogens is 1. The molecule has 0 aliphatic carbocycles. The van der Waals surface area contributed by atoms with Crippen LogP contribution in [0.2, 0.25) is 5.02 Å². The molecule has 0 saturated carbocycles. The first-order valence-electron chi connectivity index (χ1n) is 7.42. The second kappa shape index (κ2) is 7.28. The van der Waals surface area contributed by atoms with Crippen molar-refractivity contribution in [1.82, 2.24) is 10.2 Å². The Balaban J connectivity index is 2.19. The zero-order chi connectivity index (χ0) is 13.7. The van der Waals surface area contributed by atoms with Gasteiger partial charge in [-0.25, -0.2) is 0 Å². The fourth-order valence-corrected chi connectivity index (χ4v) is 3.46. The van der Waals surface area contributed by atoms with E-state index in [-0.39, 0.29) is 0 Å². The lowest BCUT2D eigenvalue weighted by atomic mass is 9.95. The van der Waals surface area contributed by atoms with E-state index in [1.165, 1.54) is 31.4 Å². The summed E-state index contributed by atoms with van der Waals surface area (Å²) < 4.78 is 0. The van der Waals surface area contributed by atoms with Gasteiger partial charge in [0.25, 0.3) is 0 Å². The minimum atomic E-state index is 0.498. The van der Waals surface area contributed by atoms with Crippen LogP contribution in [0.15, 0.2) is 24.3 Å². The zero-order valence-electron chi connectivity index (χ0n) is 12.0. The van der Waals surface area contributed by atoms with Gasteiger partial charge in [0.05, 0.1) is 0 Å². The van der Waals surface area contributed by atoms with Gasteiger partial charge in [-0.05, 0) is 50.6 Å². The van der Waals surface area contributed by atoms with Gasteiger partial charge in [-0.15, -0.1) is 0 Å². The smallest absolute Gasteiger partial charge is 0.0409 e. The van der Waals surface area contributed by atoms with E-state index in [0.29, 0.717) is 12.1 Å². The summed E-state index contributed by atoms with van der Waals surface area (Å²) in [6, 6.07) is 9.52. The molecule has 3 heteroatoms.